The Morgan fingerprint density at radius 1 is 1.29 bits per heavy atom. The number of aryl methyl sites for hydroxylation is 1. The predicted octanol–water partition coefficient (Wildman–Crippen LogP) is 3.21. The molecule has 1 heterocycles. The van der Waals surface area contributed by atoms with Crippen molar-refractivity contribution in [3.05, 3.63) is 47.0 Å². The van der Waals surface area contributed by atoms with E-state index in [2.05, 4.69) is 5.32 Å². The third kappa shape index (κ3) is 4.34. The normalized spacial score (nSPS) is 16.6. The Balaban J connectivity index is 1.90. The molecule has 1 N–H and O–H groups in total. The second-order valence-electron chi connectivity index (χ2n) is 6.54. The Labute approximate surface area is 169 Å². The predicted molar refractivity (Wildman–Crippen MR) is 109 cm³/mol. The van der Waals surface area contributed by atoms with Crippen molar-refractivity contribution < 1.29 is 22.7 Å². The van der Waals surface area contributed by atoms with E-state index >= 15 is 0 Å². The summed E-state index contributed by atoms with van der Waals surface area (Å²) in [5.74, 6) is 0.384. The molecular formula is C19H21ClN2O5S. The molecule has 1 amide bonds. The van der Waals surface area contributed by atoms with Crippen LogP contribution in [0.1, 0.15) is 12.0 Å². The summed E-state index contributed by atoms with van der Waals surface area (Å²) in [6.07, 6.45) is 0.447. The molecule has 2 aromatic rings. The quantitative estimate of drug-likeness (QED) is 0.814. The minimum absolute atomic E-state index is 0.125. The zero-order valence-electron chi connectivity index (χ0n) is 15.7. The van der Waals surface area contributed by atoms with Crippen molar-refractivity contribution in [2.75, 3.05) is 29.5 Å². The largest absolute Gasteiger partial charge is 0.495 e. The maximum Gasteiger partial charge on any atom is 0.265 e. The highest BCUT2D eigenvalue weighted by Crippen LogP contribution is 2.35. The van der Waals surface area contributed by atoms with Crippen LogP contribution in [0.2, 0.25) is 5.02 Å². The first kappa shape index (κ1) is 20.3. The van der Waals surface area contributed by atoms with Crippen molar-refractivity contribution in [3.63, 3.8) is 0 Å². The van der Waals surface area contributed by atoms with Gasteiger partial charge in [-0.3, -0.25) is 9.10 Å². The number of fused-ring (bicyclic) bond motifs is 1. The lowest BCUT2D eigenvalue weighted by atomic mass is 10.2. The Morgan fingerprint density at radius 2 is 2.04 bits per heavy atom. The van der Waals surface area contributed by atoms with Gasteiger partial charge >= 0.3 is 0 Å². The second-order valence-corrected chi connectivity index (χ2v) is 8.88. The maximum absolute atomic E-state index is 12.8. The summed E-state index contributed by atoms with van der Waals surface area (Å²) in [6, 6.07) is 10.1. The standard InChI is InChI=1S/C19H21ClN2O5S/c1-12-4-6-17-15(10-12)22(28(3,24)25)9-8-18(27-17)19(23)21-14-11-13(20)5-7-16(14)26-2/h4-7,10-11,18H,8-9H2,1-3H3,(H,21,23)/t18-/m1/s1. The molecule has 1 atom stereocenters. The molecule has 9 heteroatoms. The number of ether oxygens (including phenoxy) is 2. The van der Waals surface area contributed by atoms with Gasteiger partial charge in [-0.25, -0.2) is 8.42 Å². The molecular weight excluding hydrogens is 404 g/mol. The van der Waals surface area contributed by atoms with Crippen LogP contribution >= 0.6 is 11.6 Å². The van der Waals surface area contributed by atoms with Crippen molar-refractivity contribution in [2.24, 2.45) is 0 Å². The highest BCUT2D eigenvalue weighted by Gasteiger charge is 2.31. The first-order chi connectivity index (χ1) is 13.2. The molecule has 0 fully saturated rings. The smallest absolute Gasteiger partial charge is 0.265 e. The number of rotatable bonds is 4. The summed E-state index contributed by atoms with van der Waals surface area (Å²) in [5.41, 5.74) is 1.73. The summed E-state index contributed by atoms with van der Waals surface area (Å²) < 4.78 is 36.9. The fraction of sp³-hybridized carbons (Fsp3) is 0.316. The lowest BCUT2D eigenvalue weighted by Gasteiger charge is -2.21. The second kappa shape index (κ2) is 7.89. The molecule has 0 bridgehead atoms. The van der Waals surface area contributed by atoms with E-state index in [1.807, 2.05) is 6.92 Å². The van der Waals surface area contributed by atoms with Gasteiger partial charge in [0.05, 0.1) is 24.7 Å². The monoisotopic (exact) mass is 424 g/mol. The van der Waals surface area contributed by atoms with E-state index < -0.39 is 22.0 Å². The number of amides is 1. The molecule has 0 aliphatic carbocycles. The summed E-state index contributed by atoms with van der Waals surface area (Å²) in [6.45, 7) is 1.99. The molecule has 0 saturated heterocycles. The van der Waals surface area contributed by atoms with Crippen LogP contribution < -0.4 is 19.1 Å². The number of hydrogen-bond acceptors (Lipinski definition) is 5. The number of carbonyl (C=O) groups is 1. The zero-order chi connectivity index (χ0) is 20.5. The van der Waals surface area contributed by atoms with E-state index in [4.69, 9.17) is 21.1 Å². The van der Waals surface area contributed by atoms with Crippen LogP contribution in [0.4, 0.5) is 11.4 Å². The van der Waals surface area contributed by atoms with Gasteiger partial charge in [0.2, 0.25) is 10.0 Å². The minimum atomic E-state index is -3.52. The number of anilines is 2. The van der Waals surface area contributed by atoms with Crippen molar-refractivity contribution in [3.8, 4) is 11.5 Å². The third-order valence-electron chi connectivity index (χ3n) is 4.36. The van der Waals surface area contributed by atoms with Crippen LogP contribution in [-0.2, 0) is 14.8 Å². The maximum atomic E-state index is 12.8. The lowest BCUT2D eigenvalue weighted by molar-refractivity contribution is -0.122. The van der Waals surface area contributed by atoms with Crippen molar-refractivity contribution >= 4 is 38.9 Å². The number of nitrogens with one attached hydrogen (secondary N) is 1. The van der Waals surface area contributed by atoms with Gasteiger partial charge < -0.3 is 14.8 Å². The van der Waals surface area contributed by atoms with Gasteiger partial charge in [0, 0.05) is 18.0 Å². The number of benzene rings is 2. The molecule has 0 radical (unpaired) electrons. The van der Waals surface area contributed by atoms with E-state index in [9.17, 15) is 13.2 Å². The van der Waals surface area contributed by atoms with Crippen LogP contribution in [0.25, 0.3) is 0 Å². The Bertz CT molecular complexity index is 1010. The number of halogens is 1. The fourth-order valence-electron chi connectivity index (χ4n) is 3.01. The summed E-state index contributed by atoms with van der Waals surface area (Å²) in [4.78, 5) is 12.8. The molecule has 0 unspecified atom stereocenters. The van der Waals surface area contributed by atoms with Crippen molar-refractivity contribution in [1.29, 1.82) is 0 Å². The molecule has 0 aromatic heterocycles. The average molecular weight is 425 g/mol. The van der Waals surface area contributed by atoms with Gasteiger partial charge in [-0.05, 0) is 42.8 Å². The first-order valence-corrected chi connectivity index (χ1v) is 10.8. The minimum Gasteiger partial charge on any atom is -0.495 e. The lowest BCUT2D eigenvalue weighted by Crippen LogP contribution is -2.36. The fourth-order valence-corrected chi connectivity index (χ4v) is 4.12. The molecule has 1 aliphatic rings. The van der Waals surface area contributed by atoms with Crippen molar-refractivity contribution in [2.45, 2.75) is 19.4 Å². The summed E-state index contributed by atoms with van der Waals surface area (Å²) in [5, 5.41) is 3.20. The molecule has 7 nitrogen and oxygen atoms in total. The molecule has 2 aromatic carbocycles. The number of carbonyl (C=O) groups excluding carboxylic acids is 1. The molecule has 3 rings (SSSR count). The SMILES string of the molecule is COc1ccc(Cl)cc1NC(=O)[C@H]1CCN(S(C)(=O)=O)c2cc(C)ccc2O1. The summed E-state index contributed by atoms with van der Waals surface area (Å²) in [7, 11) is -2.03. The van der Waals surface area contributed by atoms with Gasteiger partial charge in [0.1, 0.15) is 11.5 Å². The average Bonchev–Trinajstić information content (AvgIpc) is 2.81. The zero-order valence-corrected chi connectivity index (χ0v) is 17.3. The van der Waals surface area contributed by atoms with Crippen LogP contribution in [0.3, 0.4) is 0 Å². The van der Waals surface area contributed by atoms with Crippen LogP contribution in [-0.4, -0.2) is 40.3 Å². The summed E-state index contributed by atoms with van der Waals surface area (Å²) >= 11 is 6.01. The van der Waals surface area contributed by atoms with Crippen LogP contribution in [0.5, 0.6) is 11.5 Å². The van der Waals surface area contributed by atoms with E-state index in [1.165, 1.54) is 11.4 Å². The van der Waals surface area contributed by atoms with Gasteiger partial charge in [-0.1, -0.05) is 17.7 Å². The molecule has 28 heavy (non-hydrogen) atoms. The van der Waals surface area contributed by atoms with E-state index in [0.29, 0.717) is 27.9 Å². The van der Waals surface area contributed by atoms with Crippen molar-refractivity contribution in [1.82, 2.24) is 0 Å². The molecule has 0 spiro atoms. The van der Waals surface area contributed by atoms with Gasteiger partial charge in [-0.15, -0.1) is 0 Å². The van der Waals surface area contributed by atoms with Crippen LogP contribution in [0.15, 0.2) is 36.4 Å². The van der Waals surface area contributed by atoms with Gasteiger partial charge in [0.25, 0.3) is 5.91 Å². The Morgan fingerprint density at radius 3 is 2.71 bits per heavy atom. The highest BCUT2D eigenvalue weighted by atomic mass is 35.5. The number of methoxy groups -OCH3 is 1. The Kier molecular flexibility index (Phi) is 5.71. The van der Waals surface area contributed by atoms with Gasteiger partial charge in [-0.2, -0.15) is 0 Å². The van der Waals surface area contributed by atoms with E-state index in [0.717, 1.165) is 11.8 Å². The third-order valence-corrected chi connectivity index (χ3v) is 5.77. The molecule has 150 valence electrons. The first-order valence-electron chi connectivity index (χ1n) is 8.58. The number of hydrogen-bond donors (Lipinski definition) is 1. The Hall–Kier alpha value is -2.45. The number of sulfonamides is 1. The van der Waals surface area contributed by atoms with E-state index in [-0.39, 0.29) is 13.0 Å². The highest BCUT2D eigenvalue weighted by molar-refractivity contribution is 7.92. The molecule has 0 saturated carbocycles. The molecule has 1 aliphatic heterocycles. The van der Waals surface area contributed by atoms with Crippen LogP contribution in [0, 0.1) is 6.92 Å². The topological polar surface area (TPSA) is 84.9 Å². The van der Waals surface area contributed by atoms with Gasteiger partial charge in [0.15, 0.2) is 6.10 Å². The number of nitrogens with zero attached hydrogens (tertiary/aromatic N) is 1. The van der Waals surface area contributed by atoms with E-state index in [1.54, 1.807) is 36.4 Å².